The number of likely N-dealkylation sites (tertiary alicyclic amines) is 1. The van der Waals surface area contributed by atoms with Gasteiger partial charge in [0.25, 0.3) is 0 Å². The van der Waals surface area contributed by atoms with Crippen molar-refractivity contribution in [1.82, 2.24) is 10.2 Å². The molecule has 3 heterocycles. The highest BCUT2D eigenvalue weighted by Gasteiger charge is 2.73. The molecular formula is C23H26N2O5. The van der Waals surface area contributed by atoms with Crippen molar-refractivity contribution in [3.8, 4) is 0 Å². The summed E-state index contributed by atoms with van der Waals surface area (Å²) in [5.41, 5.74) is -0.318. The van der Waals surface area contributed by atoms with Crippen molar-refractivity contribution in [3.63, 3.8) is 0 Å². The molecule has 0 radical (unpaired) electrons. The summed E-state index contributed by atoms with van der Waals surface area (Å²) in [6.07, 6.45) is 7.99. The molecule has 30 heavy (non-hydrogen) atoms. The quantitative estimate of drug-likeness (QED) is 0.723. The normalized spacial score (nSPS) is 34.9. The highest BCUT2D eigenvalue weighted by molar-refractivity contribution is 5.99. The zero-order valence-electron chi connectivity index (χ0n) is 16.7. The topological polar surface area (TPSA) is 95.9 Å². The minimum absolute atomic E-state index is 0.0910. The number of nitrogens with one attached hydrogen (secondary N) is 1. The van der Waals surface area contributed by atoms with Crippen molar-refractivity contribution in [2.75, 3.05) is 0 Å². The lowest BCUT2D eigenvalue weighted by molar-refractivity contribution is -0.149. The molecule has 7 heteroatoms. The van der Waals surface area contributed by atoms with Gasteiger partial charge in [-0.1, -0.05) is 61.7 Å². The van der Waals surface area contributed by atoms with E-state index in [0.717, 1.165) is 31.2 Å². The Bertz CT molecular complexity index is 894. The first-order chi connectivity index (χ1) is 14.5. The average molecular weight is 410 g/mol. The summed E-state index contributed by atoms with van der Waals surface area (Å²) < 4.78 is 6.10. The van der Waals surface area contributed by atoms with Crippen molar-refractivity contribution in [2.24, 2.45) is 11.8 Å². The van der Waals surface area contributed by atoms with E-state index in [4.69, 9.17) is 4.74 Å². The second-order valence-corrected chi connectivity index (χ2v) is 8.83. The van der Waals surface area contributed by atoms with Crippen LogP contribution in [0.15, 0.2) is 42.5 Å². The Balaban J connectivity index is 1.50. The highest BCUT2D eigenvalue weighted by atomic mass is 16.5. The van der Waals surface area contributed by atoms with Gasteiger partial charge in [-0.05, 0) is 18.4 Å². The zero-order chi connectivity index (χ0) is 20.9. The molecule has 1 aliphatic carbocycles. The number of carboxylic acid groups (broad SMARTS) is 1. The number of rotatable bonds is 5. The van der Waals surface area contributed by atoms with Crippen LogP contribution in [0.4, 0.5) is 0 Å². The summed E-state index contributed by atoms with van der Waals surface area (Å²) in [6.45, 7) is 0.245. The molecule has 3 aliphatic heterocycles. The molecule has 1 aromatic carbocycles. The van der Waals surface area contributed by atoms with Crippen LogP contribution in [0.25, 0.3) is 0 Å². The third-order valence-electron chi connectivity index (χ3n) is 7.05. The van der Waals surface area contributed by atoms with Gasteiger partial charge in [-0.2, -0.15) is 0 Å². The van der Waals surface area contributed by atoms with E-state index < -0.39 is 35.6 Å². The summed E-state index contributed by atoms with van der Waals surface area (Å²) in [6, 6.07) is 8.68. The number of hydrogen-bond acceptors (Lipinski definition) is 4. The van der Waals surface area contributed by atoms with Crippen LogP contribution in [0, 0.1) is 11.8 Å². The van der Waals surface area contributed by atoms with Crippen LogP contribution in [-0.4, -0.2) is 51.6 Å². The molecule has 5 unspecified atom stereocenters. The lowest BCUT2D eigenvalue weighted by Crippen LogP contribution is -2.56. The van der Waals surface area contributed by atoms with Gasteiger partial charge in [0.05, 0.1) is 12.0 Å². The van der Waals surface area contributed by atoms with Gasteiger partial charge in [0.15, 0.2) is 0 Å². The number of carbonyl (C=O) groups is 3. The number of amides is 2. The summed E-state index contributed by atoms with van der Waals surface area (Å²) in [4.78, 5) is 40.4. The molecule has 3 fully saturated rings. The number of carbonyl (C=O) groups excluding carboxylic acids is 2. The standard InChI is InChI=1S/C23H26N2O5/c26-20(24-15-9-5-2-6-10-15)19-23-12-11-16(30-23)17(22(28)29)18(23)21(27)25(19)13-14-7-3-1-4-8-14/h1,3-4,7-8,11-12,15-19H,2,5-6,9-10,13H2,(H,24,26)(H,28,29). The summed E-state index contributed by atoms with van der Waals surface area (Å²) >= 11 is 0. The Morgan fingerprint density at radius 3 is 2.60 bits per heavy atom. The molecule has 5 rings (SSSR count). The van der Waals surface area contributed by atoms with E-state index in [0.29, 0.717) is 0 Å². The summed E-state index contributed by atoms with van der Waals surface area (Å²) in [5.74, 6) is -3.46. The Kier molecular flexibility index (Phi) is 4.65. The van der Waals surface area contributed by atoms with Gasteiger partial charge in [0.2, 0.25) is 11.8 Å². The molecule has 1 saturated carbocycles. The SMILES string of the molecule is O=C(O)C1C2C=CC3(O2)C1C(=O)N(Cc1ccccc1)C3C(=O)NC1CCCCC1. The van der Waals surface area contributed by atoms with Gasteiger partial charge in [-0.15, -0.1) is 0 Å². The lowest BCUT2D eigenvalue weighted by atomic mass is 9.74. The van der Waals surface area contributed by atoms with Crippen molar-refractivity contribution in [1.29, 1.82) is 0 Å². The number of nitrogens with zero attached hydrogens (tertiary/aromatic N) is 1. The maximum atomic E-state index is 13.5. The third-order valence-corrected chi connectivity index (χ3v) is 7.05. The summed E-state index contributed by atoms with van der Waals surface area (Å²) in [5, 5.41) is 12.9. The Hall–Kier alpha value is -2.67. The maximum Gasteiger partial charge on any atom is 0.310 e. The van der Waals surface area contributed by atoms with Gasteiger partial charge < -0.3 is 20.1 Å². The molecule has 4 aliphatic rings. The number of carboxylic acids is 1. The number of benzene rings is 1. The van der Waals surface area contributed by atoms with Crippen LogP contribution in [0.1, 0.15) is 37.7 Å². The number of fused-ring (bicyclic) bond motifs is 1. The maximum absolute atomic E-state index is 13.5. The van der Waals surface area contributed by atoms with Crippen LogP contribution in [0.2, 0.25) is 0 Å². The zero-order valence-corrected chi connectivity index (χ0v) is 16.7. The lowest BCUT2D eigenvalue weighted by Gasteiger charge is -2.34. The second kappa shape index (κ2) is 7.23. The predicted octanol–water partition coefficient (Wildman–Crippen LogP) is 1.87. The van der Waals surface area contributed by atoms with E-state index in [9.17, 15) is 19.5 Å². The first-order valence-electron chi connectivity index (χ1n) is 10.8. The minimum atomic E-state index is -1.21. The van der Waals surface area contributed by atoms with Crippen LogP contribution in [-0.2, 0) is 25.7 Å². The third kappa shape index (κ3) is 2.87. The molecule has 2 bridgehead atoms. The van der Waals surface area contributed by atoms with Gasteiger partial charge in [-0.25, -0.2) is 0 Å². The second-order valence-electron chi connectivity index (χ2n) is 8.83. The monoisotopic (exact) mass is 410 g/mol. The van der Waals surface area contributed by atoms with Crippen molar-refractivity contribution >= 4 is 17.8 Å². The number of hydrogen-bond donors (Lipinski definition) is 2. The van der Waals surface area contributed by atoms with E-state index in [1.165, 1.54) is 11.3 Å². The fourth-order valence-electron chi connectivity index (χ4n) is 5.73. The van der Waals surface area contributed by atoms with E-state index >= 15 is 0 Å². The Morgan fingerprint density at radius 2 is 1.90 bits per heavy atom. The van der Waals surface area contributed by atoms with Gasteiger partial charge in [0.1, 0.15) is 17.6 Å². The molecule has 2 amide bonds. The van der Waals surface area contributed by atoms with E-state index in [1.807, 2.05) is 30.3 Å². The molecule has 7 nitrogen and oxygen atoms in total. The predicted molar refractivity (Wildman–Crippen MR) is 107 cm³/mol. The first kappa shape index (κ1) is 19.3. The molecule has 1 spiro atoms. The van der Waals surface area contributed by atoms with E-state index in [2.05, 4.69) is 5.32 Å². The molecule has 2 saturated heterocycles. The van der Waals surface area contributed by atoms with Crippen LogP contribution in [0.3, 0.4) is 0 Å². The minimum Gasteiger partial charge on any atom is -0.481 e. The fraction of sp³-hybridized carbons (Fsp3) is 0.522. The first-order valence-corrected chi connectivity index (χ1v) is 10.8. The Morgan fingerprint density at radius 1 is 1.17 bits per heavy atom. The largest absolute Gasteiger partial charge is 0.481 e. The van der Waals surface area contributed by atoms with E-state index in [1.54, 1.807) is 12.2 Å². The average Bonchev–Trinajstić information content (AvgIpc) is 3.37. The van der Waals surface area contributed by atoms with Crippen molar-refractivity contribution in [2.45, 2.75) is 62.4 Å². The summed E-state index contributed by atoms with van der Waals surface area (Å²) in [7, 11) is 0. The van der Waals surface area contributed by atoms with Gasteiger partial charge >= 0.3 is 5.97 Å². The molecule has 2 N–H and O–H groups in total. The van der Waals surface area contributed by atoms with Crippen molar-refractivity contribution in [3.05, 3.63) is 48.0 Å². The van der Waals surface area contributed by atoms with Crippen LogP contribution in [0.5, 0.6) is 0 Å². The molecule has 1 aromatic rings. The van der Waals surface area contributed by atoms with Gasteiger partial charge in [0, 0.05) is 12.6 Å². The fourth-order valence-corrected chi connectivity index (χ4v) is 5.73. The Labute approximate surface area is 175 Å². The molecular weight excluding hydrogens is 384 g/mol. The number of aliphatic carboxylic acids is 1. The smallest absolute Gasteiger partial charge is 0.310 e. The number of ether oxygens (including phenoxy) is 1. The van der Waals surface area contributed by atoms with Crippen molar-refractivity contribution < 1.29 is 24.2 Å². The highest BCUT2D eigenvalue weighted by Crippen LogP contribution is 2.55. The molecule has 0 aromatic heterocycles. The van der Waals surface area contributed by atoms with Crippen LogP contribution >= 0.6 is 0 Å². The van der Waals surface area contributed by atoms with Crippen LogP contribution < -0.4 is 5.32 Å². The molecule has 158 valence electrons. The molecule has 5 atom stereocenters. The van der Waals surface area contributed by atoms with Gasteiger partial charge in [-0.3, -0.25) is 14.4 Å². The van der Waals surface area contributed by atoms with E-state index in [-0.39, 0.29) is 24.4 Å².